The fourth-order valence-electron chi connectivity index (χ4n) is 3.37. The van der Waals surface area contributed by atoms with E-state index in [1.54, 1.807) is 0 Å². The molecule has 2 aliphatic heterocycles. The Morgan fingerprint density at radius 2 is 2.18 bits per heavy atom. The summed E-state index contributed by atoms with van der Waals surface area (Å²) >= 11 is 0. The lowest BCUT2D eigenvalue weighted by molar-refractivity contribution is 0.580. The molecule has 0 spiro atoms. The van der Waals surface area contributed by atoms with Gasteiger partial charge in [-0.25, -0.2) is 0 Å². The van der Waals surface area contributed by atoms with E-state index in [4.69, 9.17) is 5.73 Å². The van der Waals surface area contributed by atoms with Gasteiger partial charge in [0.15, 0.2) is 0 Å². The molecule has 0 aromatic heterocycles. The topological polar surface area (TPSA) is 41.3 Å². The molecule has 1 aliphatic carbocycles. The van der Waals surface area contributed by atoms with Gasteiger partial charge in [-0.3, -0.25) is 0 Å². The number of hydrogen-bond acceptors (Lipinski definition) is 3. The predicted octanol–water partition coefficient (Wildman–Crippen LogP) is 1.70. The number of nitrogens with two attached hydrogens (primary N) is 1. The predicted molar refractivity (Wildman–Crippen MR) is 70.4 cm³/mol. The van der Waals surface area contributed by atoms with Crippen molar-refractivity contribution in [3.63, 3.8) is 0 Å². The van der Waals surface area contributed by atoms with Crippen LogP contribution in [0, 0.1) is 0 Å². The van der Waals surface area contributed by atoms with E-state index in [2.05, 4.69) is 28.4 Å². The van der Waals surface area contributed by atoms with Crippen LogP contribution in [0.4, 0.5) is 11.4 Å². The van der Waals surface area contributed by atoms with Crippen molar-refractivity contribution in [1.82, 2.24) is 5.32 Å². The molecule has 17 heavy (non-hydrogen) atoms. The van der Waals surface area contributed by atoms with E-state index in [1.165, 1.54) is 37.1 Å². The van der Waals surface area contributed by atoms with E-state index in [9.17, 15) is 0 Å². The van der Waals surface area contributed by atoms with Gasteiger partial charge in [-0.15, -0.1) is 0 Å². The quantitative estimate of drug-likeness (QED) is 0.758. The molecule has 1 aromatic rings. The first-order valence-corrected chi connectivity index (χ1v) is 6.71. The van der Waals surface area contributed by atoms with Crippen molar-refractivity contribution in [3.05, 3.63) is 23.8 Å². The van der Waals surface area contributed by atoms with Crippen LogP contribution in [0.25, 0.3) is 0 Å². The molecule has 0 unspecified atom stereocenters. The lowest BCUT2D eigenvalue weighted by atomic mass is 10.1. The minimum atomic E-state index is 0.704. The number of benzene rings is 1. The molecule has 4 rings (SSSR count). The van der Waals surface area contributed by atoms with Crippen molar-refractivity contribution in [1.29, 1.82) is 0 Å². The van der Waals surface area contributed by atoms with E-state index < -0.39 is 0 Å². The third-order valence-electron chi connectivity index (χ3n) is 4.48. The summed E-state index contributed by atoms with van der Waals surface area (Å²) in [4.78, 5) is 2.56. The van der Waals surface area contributed by atoms with Crippen LogP contribution >= 0.6 is 0 Å². The third kappa shape index (κ3) is 1.53. The molecule has 1 aromatic carbocycles. The Kier molecular flexibility index (Phi) is 1.95. The largest absolute Gasteiger partial charge is 0.398 e. The highest BCUT2D eigenvalue weighted by Crippen LogP contribution is 2.44. The van der Waals surface area contributed by atoms with Gasteiger partial charge in [-0.05, 0) is 48.9 Å². The SMILES string of the molecule is Nc1ccc(N2C[C@@H]3C[C@H]2CN3)cc1C1CC1. The van der Waals surface area contributed by atoms with Crippen LogP contribution in [0.1, 0.15) is 30.7 Å². The molecule has 2 saturated heterocycles. The molecule has 3 fully saturated rings. The summed E-state index contributed by atoms with van der Waals surface area (Å²) in [5.41, 5.74) is 9.83. The van der Waals surface area contributed by atoms with Crippen LogP contribution < -0.4 is 16.0 Å². The molecule has 0 amide bonds. The molecule has 0 radical (unpaired) electrons. The lowest BCUT2D eigenvalue weighted by Crippen LogP contribution is -2.43. The summed E-state index contributed by atoms with van der Waals surface area (Å²) in [7, 11) is 0. The molecule has 3 nitrogen and oxygen atoms in total. The molecule has 2 bridgehead atoms. The van der Waals surface area contributed by atoms with Crippen molar-refractivity contribution in [2.45, 2.75) is 37.3 Å². The van der Waals surface area contributed by atoms with Crippen molar-refractivity contribution < 1.29 is 0 Å². The van der Waals surface area contributed by atoms with Gasteiger partial charge in [-0.1, -0.05) is 0 Å². The summed E-state index contributed by atoms with van der Waals surface area (Å²) in [6.07, 6.45) is 3.95. The second-order valence-corrected chi connectivity index (χ2v) is 5.73. The van der Waals surface area contributed by atoms with E-state index >= 15 is 0 Å². The van der Waals surface area contributed by atoms with Gasteiger partial charge in [0.05, 0.1) is 0 Å². The van der Waals surface area contributed by atoms with E-state index in [0.717, 1.165) is 18.2 Å². The number of anilines is 2. The Labute approximate surface area is 102 Å². The van der Waals surface area contributed by atoms with Gasteiger partial charge in [0, 0.05) is 36.5 Å². The maximum Gasteiger partial charge on any atom is 0.0430 e. The maximum absolute atomic E-state index is 6.07. The molecule has 90 valence electrons. The first-order chi connectivity index (χ1) is 8.31. The highest BCUT2D eigenvalue weighted by molar-refractivity contribution is 5.61. The number of nitrogens with one attached hydrogen (secondary N) is 1. The first kappa shape index (κ1) is 9.77. The fourth-order valence-corrected chi connectivity index (χ4v) is 3.37. The average Bonchev–Trinajstić information content (AvgIpc) is 2.97. The van der Waals surface area contributed by atoms with Crippen LogP contribution in [0.3, 0.4) is 0 Å². The number of rotatable bonds is 2. The van der Waals surface area contributed by atoms with Crippen molar-refractivity contribution in [3.8, 4) is 0 Å². The van der Waals surface area contributed by atoms with Gasteiger partial charge < -0.3 is 16.0 Å². The Hall–Kier alpha value is -1.22. The van der Waals surface area contributed by atoms with E-state index in [0.29, 0.717) is 12.1 Å². The van der Waals surface area contributed by atoms with E-state index in [-0.39, 0.29) is 0 Å². The third-order valence-corrected chi connectivity index (χ3v) is 4.48. The zero-order valence-electron chi connectivity index (χ0n) is 10.0. The normalized spacial score (nSPS) is 31.2. The van der Waals surface area contributed by atoms with Gasteiger partial charge in [0.1, 0.15) is 0 Å². The second kappa shape index (κ2) is 3.39. The molecule has 1 saturated carbocycles. The second-order valence-electron chi connectivity index (χ2n) is 5.73. The molecule has 3 aliphatic rings. The lowest BCUT2D eigenvalue weighted by Gasteiger charge is -2.30. The number of fused-ring (bicyclic) bond motifs is 2. The number of piperazine rings is 1. The first-order valence-electron chi connectivity index (χ1n) is 6.71. The summed E-state index contributed by atoms with van der Waals surface area (Å²) in [5, 5.41) is 3.55. The number of nitrogens with zero attached hydrogens (tertiary/aromatic N) is 1. The summed E-state index contributed by atoms with van der Waals surface area (Å²) in [5.74, 6) is 0.743. The molecule has 2 heterocycles. The molecule has 3 heteroatoms. The van der Waals surface area contributed by atoms with Crippen LogP contribution in [0.5, 0.6) is 0 Å². The minimum Gasteiger partial charge on any atom is -0.398 e. The fraction of sp³-hybridized carbons (Fsp3) is 0.571. The average molecular weight is 229 g/mol. The molecular formula is C14H19N3. The Bertz CT molecular complexity index is 453. The summed E-state index contributed by atoms with van der Waals surface area (Å²) in [6, 6.07) is 8.05. The smallest absolute Gasteiger partial charge is 0.0430 e. The summed E-state index contributed by atoms with van der Waals surface area (Å²) in [6.45, 7) is 2.31. The van der Waals surface area contributed by atoms with Gasteiger partial charge >= 0.3 is 0 Å². The molecule has 2 atom stereocenters. The van der Waals surface area contributed by atoms with Gasteiger partial charge in [0.2, 0.25) is 0 Å². The van der Waals surface area contributed by atoms with E-state index in [1.807, 2.05) is 0 Å². The molecule has 3 N–H and O–H groups in total. The zero-order chi connectivity index (χ0) is 11.4. The van der Waals surface area contributed by atoms with Crippen LogP contribution in [-0.2, 0) is 0 Å². The Morgan fingerprint density at radius 3 is 2.82 bits per heavy atom. The van der Waals surface area contributed by atoms with Crippen molar-refractivity contribution in [2.24, 2.45) is 0 Å². The molecular weight excluding hydrogens is 210 g/mol. The zero-order valence-corrected chi connectivity index (χ0v) is 10.0. The Morgan fingerprint density at radius 1 is 1.29 bits per heavy atom. The standard InChI is InChI=1S/C14H19N3/c15-14-4-3-11(6-13(14)9-1-2-9)17-8-10-5-12(17)7-16-10/h3-4,6,9-10,12,16H,1-2,5,7-8,15H2/t10-,12-/m0/s1. The van der Waals surface area contributed by atoms with Crippen molar-refractivity contribution >= 4 is 11.4 Å². The van der Waals surface area contributed by atoms with Crippen LogP contribution in [0.2, 0.25) is 0 Å². The number of nitrogen functional groups attached to an aromatic ring is 1. The highest BCUT2D eigenvalue weighted by Gasteiger charge is 2.38. The van der Waals surface area contributed by atoms with Gasteiger partial charge in [-0.2, -0.15) is 0 Å². The highest BCUT2D eigenvalue weighted by atomic mass is 15.3. The monoisotopic (exact) mass is 229 g/mol. The van der Waals surface area contributed by atoms with Crippen LogP contribution in [-0.4, -0.2) is 25.2 Å². The Balaban J connectivity index is 1.67. The minimum absolute atomic E-state index is 0.704. The van der Waals surface area contributed by atoms with Gasteiger partial charge in [0.25, 0.3) is 0 Å². The summed E-state index contributed by atoms with van der Waals surface area (Å²) < 4.78 is 0. The maximum atomic E-state index is 6.07. The van der Waals surface area contributed by atoms with Crippen molar-refractivity contribution in [2.75, 3.05) is 23.7 Å². The number of hydrogen-bond donors (Lipinski definition) is 2. The van der Waals surface area contributed by atoms with Crippen LogP contribution in [0.15, 0.2) is 18.2 Å².